The summed E-state index contributed by atoms with van der Waals surface area (Å²) in [6.45, 7) is 1.18. The predicted molar refractivity (Wildman–Crippen MR) is 104 cm³/mol. The summed E-state index contributed by atoms with van der Waals surface area (Å²) in [5.41, 5.74) is 3.21. The van der Waals surface area contributed by atoms with Crippen LogP contribution in [0.4, 0.5) is 5.69 Å². The molecule has 2 aliphatic rings. The number of benzene rings is 1. The molecule has 2 aromatic rings. The Labute approximate surface area is 159 Å². The number of nitrogens with one attached hydrogen (secondary N) is 1. The van der Waals surface area contributed by atoms with Gasteiger partial charge in [-0.1, -0.05) is 37.1 Å². The Bertz CT molecular complexity index is 821. The number of hydrogen-bond acceptors (Lipinski definition) is 3. The van der Waals surface area contributed by atoms with Gasteiger partial charge in [-0.15, -0.1) is 0 Å². The average Bonchev–Trinajstić information content (AvgIpc) is 3.16. The van der Waals surface area contributed by atoms with Crippen molar-refractivity contribution in [2.24, 2.45) is 11.8 Å². The summed E-state index contributed by atoms with van der Waals surface area (Å²) in [4.78, 5) is 32.1. The standard InChI is InChI=1S/C22H25N3O2/c26-21(24-15-16-6-5-12-23-14-16)18-8-2-3-9-19(18)22(27)25-13-11-17-7-1-4-10-20(17)25/h1,4-7,10,12,14,18-19H,2-3,8-9,11,13,15H2,(H,24,26). The van der Waals surface area contributed by atoms with Crippen LogP contribution >= 0.6 is 0 Å². The van der Waals surface area contributed by atoms with E-state index in [9.17, 15) is 9.59 Å². The molecular weight excluding hydrogens is 338 g/mol. The highest BCUT2D eigenvalue weighted by Gasteiger charge is 2.39. The van der Waals surface area contributed by atoms with E-state index in [1.807, 2.05) is 35.2 Å². The van der Waals surface area contributed by atoms with Gasteiger partial charge in [-0.3, -0.25) is 14.6 Å². The van der Waals surface area contributed by atoms with Crippen LogP contribution in [0.2, 0.25) is 0 Å². The summed E-state index contributed by atoms with van der Waals surface area (Å²) in [6, 6.07) is 11.9. The van der Waals surface area contributed by atoms with Gasteiger partial charge in [-0.2, -0.15) is 0 Å². The van der Waals surface area contributed by atoms with Gasteiger partial charge in [0.15, 0.2) is 0 Å². The van der Waals surface area contributed by atoms with Crippen molar-refractivity contribution in [2.45, 2.75) is 38.6 Å². The molecule has 2 heterocycles. The molecule has 1 saturated carbocycles. The summed E-state index contributed by atoms with van der Waals surface area (Å²) in [5, 5.41) is 3.01. The van der Waals surface area contributed by atoms with Crippen molar-refractivity contribution in [1.29, 1.82) is 0 Å². The maximum absolute atomic E-state index is 13.3. The van der Waals surface area contributed by atoms with E-state index in [-0.39, 0.29) is 23.7 Å². The lowest BCUT2D eigenvalue weighted by Crippen LogP contribution is -2.45. The number of aromatic nitrogens is 1. The molecule has 0 bridgehead atoms. The lowest BCUT2D eigenvalue weighted by Gasteiger charge is -2.32. The minimum Gasteiger partial charge on any atom is -0.352 e. The summed E-state index contributed by atoms with van der Waals surface area (Å²) < 4.78 is 0. The predicted octanol–water partition coefficient (Wildman–Crippen LogP) is 3.09. The fraction of sp³-hybridized carbons (Fsp3) is 0.409. The number of fused-ring (bicyclic) bond motifs is 1. The van der Waals surface area contributed by atoms with Gasteiger partial charge in [0.1, 0.15) is 0 Å². The van der Waals surface area contributed by atoms with Crippen molar-refractivity contribution in [3.63, 3.8) is 0 Å². The third kappa shape index (κ3) is 3.72. The molecule has 1 aromatic heterocycles. The van der Waals surface area contributed by atoms with Gasteiger partial charge in [0.25, 0.3) is 0 Å². The van der Waals surface area contributed by atoms with Crippen LogP contribution in [0.25, 0.3) is 0 Å². The molecule has 1 fully saturated rings. The third-order valence-electron chi connectivity index (χ3n) is 5.76. The molecule has 2 unspecified atom stereocenters. The van der Waals surface area contributed by atoms with Crippen molar-refractivity contribution in [3.05, 3.63) is 59.9 Å². The Morgan fingerprint density at radius 1 is 1.07 bits per heavy atom. The number of amides is 2. The first-order chi connectivity index (χ1) is 13.2. The van der Waals surface area contributed by atoms with Crippen LogP contribution in [0.3, 0.4) is 0 Å². The molecule has 2 amide bonds. The van der Waals surface area contributed by atoms with E-state index in [4.69, 9.17) is 0 Å². The fourth-order valence-corrected chi connectivity index (χ4v) is 4.33. The van der Waals surface area contributed by atoms with E-state index in [0.29, 0.717) is 6.54 Å². The summed E-state index contributed by atoms with van der Waals surface area (Å²) in [6.07, 6.45) is 7.96. The summed E-state index contributed by atoms with van der Waals surface area (Å²) in [7, 11) is 0. The molecule has 4 rings (SSSR count). The summed E-state index contributed by atoms with van der Waals surface area (Å²) in [5.74, 6) is -0.361. The quantitative estimate of drug-likeness (QED) is 0.908. The van der Waals surface area contributed by atoms with Gasteiger partial charge < -0.3 is 10.2 Å². The van der Waals surface area contributed by atoms with E-state index in [1.54, 1.807) is 12.4 Å². The Morgan fingerprint density at radius 2 is 1.89 bits per heavy atom. The van der Waals surface area contributed by atoms with Gasteiger partial charge in [0.2, 0.25) is 11.8 Å². The largest absolute Gasteiger partial charge is 0.352 e. The van der Waals surface area contributed by atoms with Gasteiger partial charge in [-0.05, 0) is 42.5 Å². The number of para-hydroxylation sites is 1. The Kier molecular flexibility index (Phi) is 5.19. The molecule has 5 nitrogen and oxygen atoms in total. The maximum atomic E-state index is 13.3. The molecule has 0 saturated heterocycles. The van der Waals surface area contributed by atoms with Crippen molar-refractivity contribution in [1.82, 2.24) is 10.3 Å². The molecule has 5 heteroatoms. The second-order valence-corrected chi connectivity index (χ2v) is 7.45. The van der Waals surface area contributed by atoms with Gasteiger partial charge in [0, 0.05) is 37.1 Å². The second-order valence-electron chi connectivity index (χ2n) is 7.45. The first-order valence-electron chi connectivity index (χ1n) is 9.80. The number of nitrogens with zero attached hydrogens (tertiary/aromatic N) is 2. The zero-order valence-corrected chi connectivity index (χ0v) is 15.4. The number of carbonyl (C=O) groups is 2. The zero-order valence-electron chi connectivity index (χ0n) is 15.4. The van der Waals surface area contributed by atoms with E-state index in [0.717, 1.165) is 49.9 Å². The number of pyridine rings is 1. The molecular formula is C22H25N3O2. The van der Waals surface area contributed by atoms with E-state index >= 15 is 0 Å². The van der Waals surface area contributed by atoms with Crippen LogP contribution in [0.15, 0.2) is 48.8 Å². The van der Waals surface area contributed by atoms with Crippen LogP contribution in [-0.4, -0.2) is 23.3 Å². The minimum atomic E-state index is -0.240. The Morgan fingerprint density at radius 3 is 2.70 bits per heavy atom. The van der Waals surface area contributed by atoms with E-state index < -0.39 is 0 Å². The van der Waals surface area contributed by atoms with E-state index in [1.165, 1.54) is 5.56 Å². The van der Waals surface area contributed by atoms with E-state index in [2.05, 4.69) is 16.4 Å². The monoisotopic (exact) mass is 363 g/mol. The molecule has 2 atom stereocenters. The van der Waals surface area contributed by atoms with Crippen LogP contribution in [0.1, 0.15) is 36.8 Å². The van der Waals surface area contributed by atoms with Gasteiger partial charge >= 0.3 is 0 Å². The second kappa shape index (κ2) is 7.91. The highest BCUT2D eigenvalue weighted by atomic mass is 16.2. The zero-order chi connectivity index (χ0) is 18.6. The number of rotatable bonds is 4. The van der Waals surface area contributed by atoms with Crippen LogP contribution in [-0.2, 0) is 22.6 Å². The molecule has 0 radical (unpaired) electrons. The molecule has 140 valence electrons. The fourth-order valence-electron chi connectivity index (χ4n) is 4.33. The number of anilines is 1. The lowest BCUT2D eigenvalue weighted by atomic mass is 9.77. The van der Waals surface area contributed by atoms with Crippen molar-refractivity contribution < 1.29 is 9.59 Å². The molecule has 27 heavy (non-hydrogen) atoms. The topological polar surface area (TPSA) is 62.3 Å². The highest BCUT2D eigenvalue weighted by molar-refractivity contribution is 5.99. The molecule has 0 spiro atoms. The lowest BCUT2D eigenvalue weighted by molar-refractivity contribution is -0.135. The SMILES string of the molecule is O=C(NCc1cccnc1)C1CCCCC1C(=O)N1CCc2ccccc21. The highest BCUT2D eigenvalue weighted by Crippen LogP contribution is 2.35. The maximum Gasteiger partial charge on any atom is 0.230 e. The molecule has 1 aliphatic carbocycles. The minimum absolute atomic E-state index is 0.00983. The van der Waals surface area contributed by atoms with Crippen molar-refractivity contribution in [2.75, 3.05) is 11.4 Å². The van der Waals surface area contributed by atoms with Crippen LogP contribution in [0, 0.1) is 11.8 Å². The smallest absolute Gasteiger partial charge is 0.230 e. The number of carbonyl (C=O) groups excluding carboxylic acids is 2. The van der Waals surface area contributed by atoms with Crippen molar-refractivity contribution >= 4 is 17.5 Å². The van der Waals surface area contributed by atoms with Crippen LogP contribution < -0.4 is 10.2 Å². The Balaban J connectivity index is 1.46. The third-order valence-corrected chi connectivity index (χ3v) is 5.76. The molecule has 1 aromatic carbocycles. The van der Waals surface area contributed by atoms with Gasteiger partial charge in [0.05, 0.1) is 5.92 Å². The van der Waals surface area contributed by atoms with Crippen LogP contribution in [0.5, 0.6) is 0 Å². The first kappa shape index (κ1) is 17.7. The van der Waals surface area contributed by atoms with Gasteiger partial charge in [-0.25, -0.2) is 0 Å². The number of hydrogen-bond donors (Lipinski definition) is 1. The first-order valence-corrected chi connectivity index (χ1v) is 9.80. The normalized spacial score (nSPS) is 21.6. The Hall–Kier alpha value is -2.69. The molecule has 1 aliphatic heterocycles. The van der Waals surface area contributed by atoms with Crippen molar-refractivity contribution in [3.8, 4) is 0 Å². The summed E-state index contributed by atoms with van der Waals surface area (Å²) >= 11 is 0. The average molecular weight is 363 g/mol. The molecule has 1 N–H and O–H groups in total.